The van der Waals surface area contributed by atoms with Crippen molar-refractivity contribution in [3.63, 3.8) is 0 Å². The van der Waals surface area contributed by atoms with Crippen LogP contribution < -0.4 is 11.3 Å². The van der Waals surface area contributed by atoms with Crippen LogP contribution in [0.1, 0.15) is 12.6 Å². The van der Waals surface area contributed by atoms with E-state index in [2.05, 4.69) is 15.0 Å². The number of nitrogen functional groups attached to an aromatic ring is 1. The Kier molecular flexibility index (Phi) is 20.6. The largest absolute Gasteiger partial charge is 0.466 e. The molecule has 34 heteroatoms. The van der Waals surface area contributed by atoms with Gasteiger partial charge in [-0.3, -0.25) is 14.3 Å². The van der Waals surface area contributed by atoms with Crippen LogP contribution >= 0.6 is 39.1 Å². The van der Waals surface area contributed by atoms with Gasteiger partial charge in [-0.15, -0.1) is 0 Å². The molecule has 0 radical (unpaired) electrons. The number of aromatic amines is 1. The van der Waals surface area contributed by atoms with Gasteiger partial charge in [0.2, 0.25) is 5.95 Å². The van der Waals surface area contributed by atoms with Crippen molar-refractivity contribution >= 4 is 56.2 Å². The molecule has 44 heavy (non-hydrogen) atoms. The van der Waals surface area contributed by atoms with Crippen molar-refractivity contribution in [2.24, 2.45) is 0 Å². The first-order chi connectivity index (χ1) is 19.1. The highest BCUT2D eigenvalue weighted by atomic mass is 31.2. The summed E-state index contributed by atoms with van der Waals surface area (Å²) in [5, 5.41) is 18.8. The van der Waals surface area contributed by atoms with Gasteiger partial charge in [-0.2, -0.15) is 4.98 Å². The Hall–Kier alpha value is -1.42. The molecule has 0 amide bonds. The Balaban J connectivity index is -0.000000555. The molecule has 1 aliphatic heterocycles. The number of nitrogens with two attached hydrogens (primary N) is 1. The molecule has 0 spiro atoms. The van der Waals surface area contributed by atoms with E-state index in [1.165, 1.54) is 10.9 Å². The smallest absolute Gasteiger partial charge is 0.394 e. The maximum absolute atomic E-state index is 11.6. The molecular formula is C10H28N5O24P5. The topological polar surface area (TPSA) is 528 Å². The van der Waals surface area contributed by atoms with Crippen molar-refractivity contribution in [2.75, 3.05) is 12.3 Å². The zero-order valence-corrected chi connectivity index (χ0v) is 25.3. The summed E-state index contributed by atoms with van der Waals surface area (Å²) in [6.07, 6.45) is -0.270. The Labute approximate surface area is 241 Å². The van der Waals surface area contributed by atoms with Gasteiger partial charge in [0.1, 0.15) is 12.3 Å². The monoisotopic (exact) mass is 757 g/mol. The summed E-state index contributed by atoms with van der Waals surface area (Å²) in [4.78, 5) is 130. The molecule has 20 N–H and O–H groups in total. The molecule has 1 aliphatic rings. The number of fused-ring (bicyclic) bond motifs is 1. The van der Waals surface area contributed by atoms with Gasteiger partial charge in [-0.25, -0.2) is 27.8 Å². The molecule has 3 heterocycles. The zero-order chi connectivity index (χ0) is 36.1. The van der Waals surface area contributed by atoms with E-state index in [1.54, 1.807) is 0 Å². The second-order valence-electron chi connectivity index (χ2n) is 6.96. The molecule has 2 aromatic rings. The molecule has 1 unspecified atom stereocenters. The van der Waals surface area contributed by atoms with E-state index in [0.29, 0.717) is 0 Å². The lowest BCUT2D eigenvalue weighted by Gasteiger charge is -2.13. The fraction of sp³-hybridized carbons (Fsp3) is 0.500. The zero-order valence-electron chi connectivity index (χ0n) is 20.8. The molecule has 0 aliphatic carbocycles. The molecule has 3 rings (SSSR count). The van der Waals surface area contributed by atoms with Crippen molar-refractivity contribution in [3.8, 4) is 0 Å². The second kappa shape index (κ2) is 19.3. The van der Waals surface area contributed by atoms with Gasteiger partial charge >= 0.3 is 39.1 Å². The summed E-state index contributed by atoms with van der Waals surface area (Å²) in [7, 11) is -23.2. The summed E-state index contributed by atoms with van der Waals surface area (Å²) in [6, 6.07) is 0. The number of hydrogen-bond donors (Lipinski definition) is 19. The summed E-state index contributed by atoms with van der Waals surface area (Å²) < 4.78 is 51.4. The quantitative estimate of drug-likeness (QED) is 0.127. The number of nitrogens with one attached hydrogen (secondary N) is 1. The van der Waals surface area contributed by atoms with Crippen molar-refractivity contribution in [3.05, 3.63) is 16.7 Å². The van der Waals surface area contributed by atoms with E-state index < -0.39 is 63.1 Å². The summed E-state index contributed by atoms with van der Waals surface area (Å²) in [6.45, 7) is -0.277. The first-order valence-electron chi connectivity index (χ1n) is 9.68. The first-order valence-corrected chi connectivity index (χ1v) is 17.5. The minimum Gasteiger partial charge on any atom is -0.394 e. The summed E-state index contributed by atoms with van der Waals surface area (Å²) >= 11 is 0. The van der Waals surface area contributed by atoms with Crippen molar-refractivity contribution in [1.82, 2.24) is 19.5 Å². The average Bonchev–Trinajstić information content (AvgIpc) is 3.24. The highest BCUT2D eigenvalue weighted by molar-refractivity contribution is 7.46. The number of rotatable bonds is 2. The highest BCUT2D eigenvalue weighted by Gasteiger charge is 2.35. The molecule has 3 atom stereocenters. The predicted octanol–water partition coefficient (Wildman–Crippen LogP) is -6.30. The maximum Gasteiger partial charge on any atom is 0.466 e. The first kappa shape index (κ1) is 47.0. The van der Waals surface area contributed by atoms with Gasteiger partial charge < -0.3 is 94.1 Å². The van der Waals surface area contributed by atoms with Crippen LogP contribution in [-0.2, 0) is 27.6 Å². The molecule has 29 nitrogen and oxygen atoms in total. The number of ether oxygens (including phenoxy) is 1. The second-order valence-corrected chi connectivity index (χ2v) is 12.1. The van der Waals surface area contributed by atoms with Gasteiger partial charge in [0.25, 0.3) is 5.56 Å². The van der Waals surface area contributed by atoms with Gasteiger partial charge in [0, 0.05) is 6.42 Å². The summed E-state index contributed by atoms with van der Waals surface area (Å²) in [5.74, 6) is -0.0171. The Morgan fingerprint density at radius 1 is 0.795 bits per heavy atom. The Bertz CT molecular complexity index is 1270. The number of hydrogen-bond acceptors (Lipinski definition) is 12. The molecule has 262 valence electrons. The lowest BCUT2D eigenvalue weighted by Crippen LogP contribution is -2.24. The van der Waals surface area contributed by atoms with Gasteiger partial charge in [0.05, 0.1) is 19.0 Å². The van der Waals surface area contributed by atoms with Gasteiger partial charge in [-0.05, 0) is 0 Å². The standard InChI is InChI=1S/C10H13N5O4.5H3O4P/c11-10-13-8-7(9(18)14-10)12-3-15(8)6-1-4(17)5(2-16)19-6;5*1-5(2,3)4/h3-6,16-17H,1-2H2,(H3,11,13,14,18);5*(H3,1,2,3,4)/t4-,5+,6?;;;;;/m0...../s1. The third-order valence-electron chi connectivity index (χ3n) is 3.15. The van der Waals surface area contributed by atoms with Crippen LogP contribution in [0.2, 0.25) is 0 Å². The minimum absolute atomic E-state index is 0.0171. The normalized spacial score (nSPS) is 18.4. The predicted molar refractivity (Wildman–Crippen MR) is 135 cm³/mol. The van der Waals surface area contributed by atoms with E-state index in [4.69, 9.17) is 112 Å². The van der Waals surface area contributed by atoms with Crippen molar-refractivity contribution in [1.29, 1.82) is 0 Å². The van der Waals surface area contributed by atoms with Gasteiger partial charge in [0.15, 0.2) is 11.2 Å². The lowest BCUT2D eigenvalue weighted by molar-refractivity contribution is -0.0432. The van der Waals surface area contributed by atoms with Crippen LogP contribution in [0.3, 0.4) is 0 Å². The fourth-order valence-corrected chi connectivity index (χ4v) is 2.20. The molecule has 1 saturated heterocycles. The molecule has 0 saturated carbocycles. The third-order valence-corrected chi connectivity index (χ3v) is 3.15. The SMILES string of the molecule is Nc1nc2c(ncn2C2C[C@H](O)[C@@H](CO)O2)c(=O)[nH]1.O=P(O)(O)O.O=P(O)(O)O.O=P(O)(O)O.O=P(O)(O)O.O=P(O)(O)O. The van der Waals surface area contributed by atoms with Gasteiger partial charge in [-0.1, -0.05) is 0 Å². The average molecular weight is 757 g/mol. The van der Waals surface area contributed by atoms with Crippen LogP contribution in [0.5, 0.6) is 0 Å². The Morgan fingerprint density at radius 3 is 1.43 bits per heavy atom. The number of aromatic nitrogens is 4. The van der Waals surface area contributed by atoms with Crippen LogP contribution in [0, 0.1) is 0 Å². The summed E-state index contributed by atoms with van der Waals surface area (Å²) in [5.41, 5.74) is 5.50. The van der Waals surface area contributed by atoms with E-state index in [1.807, 2.05) is 0 Å². The van der Waals surface area contributed by atoms with Crippen molar-refractivity contribution < 1.29 is 111 Å². The number of imidazole rings is 1. The van der Waals surface area contributed by atoms with Crippen LogP contribution in [-0.4, -0.2) is 122 Å². The lowest BCUT2D eigenvalue weighted by atomic mass is 10.2. The molecule has 0 aromatic carbocycles. The van der Waals surface area contributed by atoms with Crippen LogP contribution in [0.25, 0.3) is 11.2 Å². The Morgan fingerprint density at radius 2 is 1.14 bits per heavy atom. The molecular weight excluding hydrogens is 729 g/mol. The third kappa shape index (κ3) is 36.8. The van der Waals surface area contributed by atoms with E-state index in [0.717, 1.165) is 0 Å². The van der Waals surface area contributed by atoms with E-state index >= 15 is 0 Å². The fourth-order valence-electron chi connectivity index (χ4n) is 2.20. The minimum atomic E-state index is -4.64. The number of nitrogens with zero attached hydrogens (tertiary/aromatic N) is 3. The van der Waals surface area contributed by atoms with E-state index in [9.17, 15) is 9.90 Å². The number of aliphatic hydroxyl groups excluding tert-OH is 2. The number of phosphoric acid groups is 5. The molecule has 2 aromatic heterocycles. The van der Waals surface area contributed by atoms with E-state index in [-0.39, 0.29) is 30.1 Å². The molecule has 1 fully saturated rings. The number of H-pyrrole nitrogens is 1. The molecule has 0 bridgehead atoms. The van der Waals surface area contributed by atoms with Crippen LogP contribution in [0.4, 0.5) is 5.95 Å². The van der Waals surface area contributed by atoms with Crippen LogP contribution in [0.15, 0.2) is 11.1 Å². The number of anilines is 1. The number of aliphatic hydroxyl groups is 2. The highest BCUT2D eigenvalue weighted by Crippen LogP contribution is 2.30. The van der Waals surface area contributed by atoms with Crippen molar-refractivity contribution in [2.45, 2.75) is 24.9 Å². The maximum atomic E-state index is 11.6.